The van der Waals surface area contributed by atoms with Gasteiger partial charge < -0.3 is 11.1 Å². The molecule has 2 aromatic carbocycles. The van der Waals surface area contributed by atoms with Gasteiger partial charge in [0.15, 0.2) is 0 Å². The summed E-state index contributed by atoms with van der Waals surface area (Å²) in [6.07, 6.45) is 0. The Bertz CT molecular complexity index is 973. The SMILES string of the molecule is NC(=O)c1ccc(C(=O)NCCNS(=O)(=O)c2cccc([N+](=O)[O-])c2)cc1. The maximum atomic E-state index is 12.1. The van der Waals surface area contributed by atoms with Gasteiger partial charge in [-0.2, -0.15) is 0 Å². The molecule has 0 fully saturated rings. The van der Waals surface area contributed by atoms with Crippen LogP contribution in [0.15, 0.2) is 53.4 Å². The van der Waals surface area contributed by atoms with Gasteiger partial charge in [-0.1, -0.05) is 6.07 Å². The van der Waals surface area contributed by atoms with Crippen LogP contribution in [0.2, 0.25) is 0 Å². The number of rotatable bonds is 8. The van der Waals surface area contributed by atoms with E-state index in [1.165, 1.54) is 42.5 Å². The van der Waals surface area contributed by atoms with Crippen molar-refractivity contribution >= 4 is 27.5 Å². The molecule has 0 saturated heterocycles. The van der Waals surface area contributed by atoms with Crippen LogP contribution in [0.1, 0.15) is 20.7 Å². The van der Waals surface area contributed by atoms with Crippen molar-refractivity contribution in [3.63, 3.8) is 0 Å². The average molecular weight is 392 g/mol. The number of amides is 2. The number of nitrogens with zero attached hydrogens (tertiary/aromatic N) is 1. The van der Waals surface area contributed by atoms with Crippen molar-refractivity contribution in [2.75, 3.05) is 13.1 Å². The lowest BCUT2D eigenvalue weighted by atomic mass is 10.1. The predicted molar refractivity (Wildman–Crippen MR) is 95.6 cm³/mol. The summed E-state index contributed by atoms with van der Waals surface area (Å²) in [6.45, 7) is -0.124. The molecule has 0 heterocycles. The largest absolute Gasteiger partial charge is 0.366 e. The highest BCUT2D eigenvalue weighted by Gasteiger charge is 2.17. The molecule has 0 aliphatic heterocycles. The van der Waals surface area contributed by atoms with Gasteiger partial charge >= 0.3 is 0 Å². The van der Waals surface area contributed by atoms with Crippen LogP contribution in [0, 0.1) is 10.1 Å². The van der Waals surface area contributed by atoms with E-state index in [9.17, 15) is 28.1 Å². The number of benzene rings is 2. The summed E-state index contributed by atoms with van der Waals surface area (Å²) in [5, 5.41) is 13.2. The lowest BCUT2D eigenvalue weighted by Gasteiger charge is -2.08. The van der Waals surface area contributed by atoms with Gasteiger partial charge in [0.1, 0.15) is 0 Å². The van der Waals surface area contributed by atoms with Gasteiger partial charge in [-0.25, -0.2) is 13.1 Å². The summed E-state index contributed by atoms with van der Waals surface area (Å²) in [4.78, 5) is 32.7. The van der Waals surface area contributed by atoms with E-state index in [0.717, 1.165) is 6.07 Å². The molecular formula is C16H16N4O6S. The van der Waals surface area contributed by atoms with E-state index in [1.54, 1.807) is 0 Å². The van der Waals surface area contributed by atoms with Gasteiger partial charge in [-0.05, 0) is 30.3 Å². The van der Waals surface area contributed by atoms with E-state index in [4.69, 9.17) is 5.73 Å². The van der Waals surface area contributed by atoms with Gasteiger partial charge in [0.2, 0.25) is 15.9 Å². The van der Waals surface area contributed by atoms with E-state index < -0.39 is 26.8 Å². The first-order chi connectivity index (χ1) is 12.7. The van der Waals surface area contributed by atoms with E-state index in [1.807, 2.05) is 0 Å². The Morgan fingerprint density at radius 2 is 1.67 bits per heavy atom. The number of carbonyl (C=O) groups excluding carboxylic acids is 2. The summed E-state index contributed by atoms with van der Waals surface area (Å²) in [5.74, 6) is -1.07. The summed E-state index contributed by atoms with van der Waals surface area (Å²) in [5.41, 5.74) is 5.31. The maximum Gasteiger partial charge on any atom is 0.270 e. The third-order valence-electron chi connectivity index (χ3n) is 3.47. The van der Waals surface area contributed by atoms with Crippen LogP contribution in [0.4, 0.5) is 5.69 Å². The molecule has 27 heavy (non-hydrogen) atoms. The molecule has 0 aromatic heterocycles. The Morgan fingerprint density at radius 3 is 2.26 bits per heavy atom. The standard InChI is InChI=1S/C16H16N4O6S/c17-15(21)11-4-6-12(7-5-11)16(22)18-8-9-19-27(25,26)14-3-1-2-13(10-14)20(23)24/h1-7,10,19H,8-9H2,(H2,17,21)(H,18,22). The minimum absolute atomic E-state index is 0.00936. The molecule has 11 heteroatoms. The van der Waals surface area contributed by atoms with Crippen molar-refractivity contribution in [2.24, 2.45) is 5.73 Å². The van der Waals surface area contributed by atoms with Gasteiger partial charge in [0.05, 0.1) is 9.82 Å². The summed E-state index contributed by atoms with van der Waals surface area (Å²) in [7, 11) is -3.95. The Balaban J connectivity index is 1.90. The number of primary amides is 1. The lowest BCUT2D eigenvalue weighted by molar-refractivity contribution is -0.385. The quantitative estimate of drug-likeness (QED) is 0.335. The van der Waals surface area contributed by atoms with Crippen LogP contribution in [0.25, 0.3) is 0 Å². The second-order valence-corrected chi connectivity index (χ2v) is 7.12. The smallest absolute Gasteiger partial charge is 0.270 e. The molecule has 142 valence electrons. The Morgan fingerprint density at radius 1 is 1.04 bits per heavy atom. The number of sulfonamides is 1. The summed E-state index contributed by atoms with van der Waals surface area (Å²) < 4.78 is 26.5. The van der Waals surface area contributed by atoms with E-state index in [-0.39, 0.29) is 34.8 Å². The average Bonchev–Trinajstić information content (AvgIpc) is 2.65. The molecule has 10 nitrogen and oxygen atoms in total. The molecule has 0 bridgehead atoms. The number of carbonyl (C=O) groups is 2. The van der Waals surface area contributed by atoms with Crippen molar-refractivity contribution in [2.45, 2.75) is 4.90 Å². The van der Waals surface area contributed by atoms with Gasteiger partial charge in [-0.3, -0.25) is 19.7 Å². The third kappa shape index (κ3) is 5.33. The highest BCUT2D eigenvalue weighted by atomic mass is 32.2. The molecule has 4 N–H and O–H groups in total. The zero-order valence-corrected chi connectivity index (χ0v) is 14.7. The number of non-ortho nitro benzene ring substituents is 1. The van der Waals surface area contributed by atoms with Gasteiger partial charge in [0, 0.05) is 36.3 Å². The van der Waals surface area contributed by atoms with Crippen LogP contribution in [0.3, 0.4) is 0 Å². The van der Waals surface area contributed by atoms with Crippen molar-refractivity contribution in [1.82, 2.24) is 10.0 Å². The fourth-order valence-corrected chi connectivity index (χ4v) is 3.17. The van der Waals surface area contributed by atoms with Crippen LogP contribution in [0.5, 0.6) is 0 Å². The maximum absolute atomic E-state index is 12.1. The van der Waals surface area contributed by atoms with Crippen LogP contribution >= 0.6 is 0 Å². The van der Waals surface area contributed by atoms with Crippen LogP contribution in [-0.2, 0) is 10.0 Å². The molecule has 2 aromatic rings. The minimum Gasteiger partial charge on any atom is -0.366 e. The number of hydrogen-bond acceptors (Lipinski definition) is 6. The Labute approximate surface area is 154 Å². The molecule has 0 atom stereocenters. The molecule has 0 spiro atoms. The predicted octanol–water partition coefficient (Wildman–Crippen LogP) is 0.402. The fraction of sp³-hybridized carbons (Fsp3) is 0.125. The van der Waals surface area contributed by atoms with Crippen LogP contribution < -0.4 is 15.8 Å². The molecule has 0 aliphatic rings. The Kier molecular flexibility index (Phi) is 6.21. The fourth-order valence-electron chi connectivity index (χ4n) is 2.10. The summed E-state index contributed by atoms with van der Waals surface area (Å²) >= 11 is 0. The highest BCUT2D eigenvalue weighted by Crippen LogP contribution is 2.16. The zero-order valence-electron chi connectivity index (χ0n) is 13.9. The topological polar surface area (TPSA) is 162 Å². The van der Waals surface area contributed by atoms with Crippen molar-refractivity contribution in [1.29, 1.82) is 0 Å². The second kappa shape index (κ2) is 8.38. The van der Waals surface area contributed by atoms with Crippen LogP contribution in [-0.4, -0.2) is 38.2 Å². The molecular weight excluding hydrogens is 376 g/mol. The molecule has 0 aliphatic carbocycles. The molecule has 2 rings (SSSR count). The first-order valence-electron chi connectivity index (χ1n) is 7.63. The van der Waals surface area contributed by atoms with Gasteiger partial charge in [0.25, 0.3) is 11.6 Å². The third-order valence-corrected chi connectivity index (χ3v) is 4.93. The number of nitro benzene ring substituents is 1. The number of nitrogens with two attached hydrogens (primary N) is 1. The first kappa shape index (κ1) is 20.0. The molecule has 0 saturated carbocycles. The summed E-state index contributed by atoms with van der Waals surface area (Å²) in [6, 6.07) is 10.3. The van der Waals surface area contributed by atoms with Crippen molar-refractivity contribution in [3.8, 4) is 0 Å². The second-order valence-electron chi connectivity index (χ2n) is 5.35. The number of hydrogen-bond donors (Lipinski definition) is 3. The normalized spacial score (nSPS) is 11.0. The minimum atomic E-state index is -3.95. The monoisotopic (exact) mass is 392 g/mol. The molecule has 2 amide bonds. The van der Waals surface area contributed by atoms with Crippen molar-refractivity contribution < 1.29 is 22.9 Å². The van der Waals surface area contributed by atoms with Crippen molar-refractivity contribution in [3.05, 3.63) is 69.8 Å². The number of nitro groups is 1. The van der Waals surface area contributed by atoms with E-state index >= 15 is 0 Å². The molecule has 0 unspecified atom stereocenters. The first-order valence-corrected chi connectivity index (χ1v) is 9.11. The molecule has 0 radical (unpaired) electrons. The van der Waals surface area contributed by atoms with E-state index in [0.29, 0.717) is 0 Å². The lowest BCUT2D eigenvalue weighted by Crippen LogP contribution is -2.34. The zero-order chi connectivity index (χ0) is 20.0. The van der Waals surface area contributed by atoms with E-state index in [2.05, 4.69) is 10.0 Å². The van der Waals surface area contributed by atoms with Gasteiger partial charge in [-0.15, -0.1) is 0 Å². The number of nitrogens with one attached hydrogen (secondary N) is 2. The Hall–Kier alpha value is -3.31. The highest BCUT2D eigenvalue weighted by molar-refractivity contribution is 7.89.